The third-order valence-electron chi connectivity index (χ3n) is 3.42. The van der Waals surface area contributed by atoms with Crippen molar-refractivity contribution in [1.29, 1.82) is 0 Å². The quantitative estimate of drug-likeness (QED) is 0.486. The number of alkyl halides is 5. The van der Waals surface area contributed by atoms with Crippen LogP contribution >= 0.6 is 0 Å². The molecule has 134 valence electrons. The topological polar surface area (TPSA) is 104 Å². The molecule has 2 rings (SSSR count). The molecule has 1 amide bonds. The fraction of sp³-hybridized carbons (Fsp3) is 0.636. The van der Waals surface area contributed by atoms with Gasteiger partial charge in [0.25, 0.3) is 5.92 Å². The second-order valence-electron chi connectivity index (χ2n) is 5.30. The van der Waals surface area contributed by atoms with Gasteiger partial charge in [-0.05, 0) is 6.42 Å². The number of carbonyl (C=O) groups excluding carboxylic acids is 1. The van der Waals surface area contributed by atoms with Crippen LogP contribution in [-0.4, -0.2) is 52.3 Å². The lowest BCUT2D eigenvalue weighted by Gasteiger charge is -2.23. The van der Waals surface area contributed by atoms with E-state index in [9.17, 15) is 36.9 Å². The summed E-state index contributed by atoms with van der Waals surface area (Å²) < 4.78 is 64.6. The van der Waals surface area contributed by atoms with Crippen LogP contribution in [0.4, 0.5) is 33.5 Å². The first-order valence-electron chi connectivity index (χ1n) is 6.68. The molecule has 1 saturated heterocycles. The average molecular weight is 357 g/mol. The highest BCUT2D eigenvalue weighted by Crippen LogP contribution is 2.33. The Morgan fingerprint density at radius 2 is 2.17 bits per heavy atom. The smallest absolute Gasteiger partial charge is 0.345 e. The molecule has 8 nitrogen and oxygen atoms in total. The minimum Gasteiger partial charge on any atom is -0.345 e. The van der Waals surface area contributed by atoms with Crippen LogP contribution in [0.2, 0.25) is 0 Å². The van der Waals surface area contributed by atoms with Crippen LogP contribution in [0.3, 0.4) is 0 Å². The normalized spacial score (nSPS) is 21.2. The van der Waals surface area contributed by atoms with E-state index in [-0.39, 0.29) is 18.8 Å². The average Bonchev–Trinajstić information content (AvgIpc) is 2.85. The zero-order chi connectivity index (χ0) is 18.1. The van der Waals surface area contributed by atoms with Gasteiger partial charge in [-0.2, -0.15) is 18.3 Å². The summed E-state index contributed by atoms with van der Waals surface area (Å²) in [6.07, 6.45) is -5.58. The molecule has 1 aliphatic rings. The largest absolute Gasteiger partial charge is 0.471 e. The summed E-state index contributed by atoms with van der Waals surface area (Å²) in [5, 5.41) is 18.0. The van der Waals surface area contributed by atoms with E-state index >= 15 is 0 Å². The van der Waals surface area contributed by atoms with Gasteiger partial charge in [-0.15, -0.1) is 0 Å². The van der Waals surface area contributed by atoms with Crippen LogP contribution in [0, 0.1) is 10.1 Å². The van der Waals surface area contributed by atoms with Crippen LogP contribution < -0.4 is 10.2 Å². The number of carbonyl (C=O) groups is 1. The van der Waals surface area contributed by atoms with Crippen molar-refractivity contribution >= 4 is 17.4 Å². The predicted molar refractivity (Wildman–Crippen MR) is 69.6 cm³/mol. The Labute approximate surface area is 131 Å². The summed E-state index contributed by atoms with van der Waals surface area (Å²) >= 11 is 0. The molecule has 0 radical (unpaired) electrons. The van der Waals surface area contributed by atoms with Gasteiger partial charge in [0.05, 0.1) is 11.5 Å². The fourth-order valence-electron chi connectivity index (χ4n) is 2.42. The van der Waals surface area contributed by atoms with Gasteiger partial charge in [0.2, 0.25) is 5.82 Å². The van der Waals surface area contributed by atoms with Gasteiger partial charge in [0.15, 0.2) is 0 Å². The third kappa shape index (κ3) is 4.08. The maximum Gasteiger partial charge on any atom is 0.471 e. The summed E-state index contributed by atoms with van der Waals surface area (Å²) in [5.74, 6) is -6.02. The second-order valence-corrected chi connectivity index (χ2v) is 5.30. The molecular weight excluding hydrogens is 345 g/mol. The van der Waals surface area contributed by atoms with E-state index in [1.165, 1.54) is 5.32 Å². The lowest BCUT2D eigenvalue weighted by molar-refractivity contribution is -0.384. The number of aromatic nitrogens is 2. The first kappa shape index (κ1) is 17.9. The number of amides is 1. The van der Waals surface area contributed by atoms with Crippen molar-refractivity contribution in [1.82, 2.24) is 15.5 Å². The molecule has 2 heterocycles. The van der Waals surface area contributed by atoms with E-state index in [1.807, 2.05) is 0 Å². The van der Waals surface area contributed by atoms with E-state index in [0.29, 0.717) is 0 Å². The number of hydrogen-bond acceptors (Lipinski definition) is 5. The number of nitrogens with zero attached hydrogens (tertiary/aromatic N) is 3. The number of H-pyrrole nitrogens is 1. The zero-order valence-electron chi connectivity index (χ0n) is 11.9. The van der Waals surface area contributed by atoms with Gasteiger partial charge in [-0.3, -0.25) is 20.0 Å². The van der Waals surface area contributed by atoms with Crippen LogP contribution in [0.5, 0.6) is 0 Å². The van der Waals surface area contributed by atoms with E-state index in [0.717, 1.165) is 11.1 Å². The first-order valence-corrected chi connectivity index (χ1v) is 6.68. The molecule has 2 N–H and O–H groups in total. The molecule has 1 fully saturated rings. The van der Waals surface area contributed by atoms with Crippen molar-refractivity contribution in [2.45, 2.75) is 31.0 Å². The van der Waals surface area contributed by atoms with Crippen molar-refractivity contribution < 1.29 is 31.7 Å². The van der Waals surface area contributed by atoms with Crippen LogP contribution in [0.1, 0.15) is 12.8 Å². The van der Waals surface area contributed by atoms with Gasteiger partial charge in [-0.1, -0.05) is 0 Å². The van der Waals surface area contributed by atoms with E-state index < -0.39 is 47.6 Å². The minimum atomic E-state index is -5.18. The molecule has 24 heavy (non-hydrogen) atoms. The number of nitrogens with one attached hydrogen (secondary N) is 2. The number of nitro groups is 1. The van der Waals surface area contributed by atoms with Crippen molar-refractivity contribution in [2.75, 3.05) is 18.0 Å². The molecule has 1 atom stereocenters. The lowest BCUT2D eigenvalue weighted by Crippen LogP contribution is -2.45. The van der Waals surface area contributed by atoms with Crippen molar-refractivity contribution in [2.24, 2.45) is 0 Å². The molecule has 1 aromatic rings. The molecular formula is C11H12F5N5O3. The maximum atomic E-state index is 14.0. The van der Waals surface area contributed by atoms with Crippen LogP contribution in [0.25, 0.3) is 0 Å². The Kier molecular flexibility index (Phi) is 4.62. The van der Waals surface area contributed by atoms with Gasteiger partial charge in [0, 0.05) is 19.0 Å². The van der Waals surface area contributed by atoms with Crippen molar-refractivity contribution in [3.8, 4) is 0 Å². The number of anilines is 1. The molecule has 0 aliphatic carbocycles. The second kappa shape index (κ2) is 6.20. The Bertz CT molecular complexity index is 632. The highest BCUT2D eigenvalue weighted by Gasteiger charge is 2.44. The standard InChI is InChI=1S/C11H12F5N5O3/c12-10(13)3-6(18-9(22)11(14,15)16)1-2-20(5-10)8-7(21(23)24)4-17-19-8/h4,6H,1-3,5H2,(H,17,19)(H,18,22). The predicted octanol–water partition coefficient (Wildman–Crippen LogP) is 1.60. The highest BCUT2D eigenvalue weighted by molar-refractivity contribution is 5.81. The SMILES string of the molecule is O=C(NC1CCN(c2[nH]ncc2[N+](=O)[O-])CC(F)(F)C1)C(F)(F)F. The van der Waals surface area contributed by atoms with Gasteiger partial charge in [-0.25, -0.2) is 8.78 Å². The van der Waals surface area contributed by atoms with E-state index in [2.05, 4.69) is 10.2 Å². The Morgan fingerprint density at radius 3 is 2.75 bits per heavy atom. The van der Waals surface area contributed by atoms with Gasteiger partial charge < -0.3 is 10.2 Å². The van der Waals surface area contributed by atoms with E-state index in [4.69, 9.17) is 0 Å². The molecule has 1 aromatic heterocycles. The minimum absolute atomic E-state index is 0.221. The van der Waals surface area contributed by atoms with Crippen molar-refractivity contribution in [3.63, 3.8) is 0 Å². The lowest BCUT2D eigenvalue weighted by atomic mass is 10.1. The molecule has 1 unspecified atom stereocenters. The molecule has 0 saturated carbocycles. The highest BCUT2D eigenvalue weighted by atomic mass is 19.4. The molecule has 0 bridgehead atoms. The maximum absolute atomic E-state index is 14.0. The molecule has 0 aromatic carbocycles. The first-order chi connectivity index (χ1) is 11.0. The number of hydrogen-bond donors (Lipinski definition) is 2. The summed E-state index contributed by atoms with van der Waals surface area (Å²) in [6.45, 7) is -1.17. The Morgan fingerprint density at radius 1 is 1.50 bits per heavy atom. The van der Waals surface area contributed by atoms with Gasteiger partial charge in [0.1, 0.15) is 6.20 Å². The summed E-state index contributed by atoms with van der Waals surface area (Å²) in [7, 11) is 0. The number of rotatable bonds is 3. The zero-order valence-corrected chi connectivity index (χ0v) is 11.9. The van der Waals surface area contributed by atoms with Crippen LogP contribution in [0.15, 0.2) is 6.20 Å². The molecule has 0 spiro atoms. The fourth-order valence-corrected chi connectivity index (χ4v) is 2.42. The van der Waals surface area contributed by atoms with E-state index in [1.54, 1.807) is 0 Å². The molecule has 13 heteroatoms. The van der Waals surface area contributed by atoms with Gasteiger partial charge >= 0.3 is 17.8 Å². The number of halogens is 5. The monoisotopic (exact) mass is 357 g/mol. The Hall–Kier alpha value is -2.47. The third-order valence-corrected chi connectivity index (χ3v) is 3.42. The summed E-state index contributed by atoms with van der Waals surface area (Å²) in [5.41, 5.74) is -0.524. The summed E-state index contributed by atoms with van der Waals surface area (Å²) in [4.78, 5) is 21.9. The van der Waals surface area contributed by atoms with Crippen LogP contribution in [-0.2, 0) is 4.79 Å². The molecule has 1 aliphatic heterocycles. The Balaban J connectivity index is 2.16. The number of aromatic amines is 1. The summed E-state index contributed by atoms with van der Waals surface area (Å²) in [6, 6.07) is -1.42. The van der Waals surface area contributed by atoms with Crippen molar-refractivity contribution in [3.05, 3.63) is 16.3 Å².